The molecule has 0 aliphatic rings. The number of anilines is 1. The average molecular weight is 651 g/mol. The van der Waals surface area contributed by atoms with Crippen LogP contribution in [0, 0.1) is 5.82 Å². The number of aryl methyl sites for hydroxylation is 1. The van der Waals surface area contributed by atoms with E-state index in [0.717, 1.165) is 69.1 Å². The Kier molecular flexibility index (Phi) is 12.4. The molecule has 0 heterocycles. The van der Waals surface area contributed by atoms with Gasteiger partial charge in [-0.05, 0) is 0 Å². The van der Waals surface area contributed by atoms with Gasteiger partial charge in [0.25, 0.3) is 0 Å². The zero-order valence-corrected chi connectivity index (χ0v) is 27.5. The van der Waals surface area contributed by atoms with Crippen LogP contribution in [0.5, 0.6) is 17.2 Å². The molecule has 0 saturated carbocycles. The number of carbonyl (C=O) groups is 1. The molecule has 40 heavy (non-hydrogen) atoms. The number of hydrogen-bond acceptors (Lipinski definition) is 3. The van der Waals surface area contributed by atoms with Crippen LogP contribution < -0.4 is 18.0 Å². The van der Waals surface area contributed by atoms with Gasteiger partial charge in [-0.25, -0.2) is 0 Å². The molecule has 0 aromatic heterocycles. The van der Waals surface area contributed by atoms with E-state index < -0.39 is 11.4 Å². The number of nitrogens with zero attached hydrogens (tertiary/aromatic N) is 1. The van der Waals surface area contributed by atoms with Gasteiger partial charge in [0, 0.05) is 0 Å². The van der Waals surface area contributed by atoms with Crippen LogP contribution in [0.4, 0.5) is 10.1 Å². The summed E-state index contributed by atoms with van der Waals surface area (Å²) >= 11 is 1.30. The molecule has 3 radical (unpaired) electrons. The Morgan fingerprint density at radius 1 is 0.900 bits per heavy atom. The summed E-state index contributed by atoms with van der Waals surface area (Å²) in [4.78, 5) is 15.7. The van der Waals surface area contributed by atoms with Gasteiger partial charge in [-0.3, -0.25) is 0 Å². The van der Waals surface area contributed by atoms with Crippen molar-refractivity contribution in [2.75, 3.05) is 12.0 Å². The molecule has 0 unspecified atom stereocenters. The van der Waals surface area contributed by atoms with E-state index in [1.807, 2.05) is 35.2 Å². The number of methoxy groups -OCH3 is 1. The van der Waals surface area contributed by atoms with E-state index >= 15 is 0 Å². The number of ether oxygens (including phenoxy) is 2. The Morgan fingerprint density at radius 3 is 2.12 bits per heavy atom. The van der Waals surface area contributed by atoms with E-state index in [9.17, 15) is 9.18 Å². The molecule has 0 atom stereocenters. The number of unbranched alkanes of at least 4 members (excludes halogenated alkanes) is 3. The first kappa shape index (κ1) is 32.0. The van der Waals surface area contributed by atoms with Crippen molar-refractivity contribution in [2.24, 2.45) is 0 Å². The number of rotatable bonds is 15. The van der Waals surface area contributed by atoms with E-state index in [2.05, 4.69) is 32.9 Å². The third-order valence-corrected chi connectivity index (χ3v) is 9.18. The van der Waals surface area contributed by atoms with Crippen LogP contribution in [0.3, 0.4) is 0 Å². The Bertz CT molecular complexity index is 1240. The molecule has 213 valence electrons. The quantitative estimate of drug-likeness (QED) is 0.155. The summed E-state index contributed by atoms with van der Waals surface area (Å²) in [6.45, 7) is 8.13. The van der Waals surface area contributed by atoms with E-state index in [4.69, 9.17) is 9.47 Å². The van der Waals surface area contributed by atoms with Crippen molar-refractivity contribution >= 4 is 37.7 Å². The first-order valence-electron chi connectivity index (χ1n) is 14.6. The maximum atomic E-state index is 15.0. The van der Waals surface area contributed by atoms with Gasteiger partial charge >= 0.3 is 254 Å². The van der Waals surface area contributed by atoms with E-state index in [0.29, 0.717) is 17.2 Å². The van der Waals surface area contributed by atoms with Gasteiger partial charge in [-0.15, -0.1) is 0 Å². The SMILES string of the molecule is CCCCc1cc(OC)cc(C(CCCC)(CCCC)N(C(C)=O)c2cc(F)ccc2Oc2ccccc2)[c]1[Sn]. The van der Waals surface area contributed by atoms with Crippen molar-refractivity contribution in [1.29, 1.82) is 0 Å². The minimum absolute atomic E-state index is 0.135. The molecule has 3 rings (SSSR count). The molecular formula is C34H43FNO3Sn. The molecule has 0 saturated heterocycles. The number of amides is 1. The van der Waals surface area contributed by atoms with Crippen LogP contribution in [0.15, 0.2) is 60.7 Å². The second-order valence-electron chi connectivity index (χ2n) is 10.4. The van der Waals surface area contributed by atoms with Crippen molar-refractivity contribution < 1.29 is 18.7 Å². The van der Waals surface area contributed by atoms with Gasteiger partial charge in [-0.2, -0.15) is 0 Å². The summed E-state index contributed by atoms with van der Waals surface area (Å²) in [5, 5.41) is 0. The zero-order chi connectivity index (χ0) is 29.1. The van der Waals surface area contributed by atoms with Crippen LogP contribution in [0.25, 0.3) is 0 Å². The molecular weight excluding hydrogens is 608 g/mol. The first-order chi connectivity index (χ1) is 19.3. The molecule has 3 aromatic rings. The summed E-state index contributed by atoms with van der Waals surface area (Å²) in [6.07, 6.45) is 8.47. The second kappa shape index (κ2) is 15.5. The average Bonchev–Trinajstić information content (AvgIpc) is 2.95. The monoisotopic (exact) mass is 652 g/mol. The molecule has 0 aliphatic heterocycles. The molecule has 0 spiro atoms. The van der Waals surface area contributed by atoms with Crippen LogP contribution >= 0.6 is 0 Å². The van der Waals surface area contributed by atoms with Gasteiger partial charge in [0.2, 0.25) is 0 Å². The molecule has 0 aliphatic carbocycles. The zero-order valence-electron chi connectivity index (χ0n) is 24.7. The first-order valence-corrected chi connectivity index (χ1v) is 16.0. The summed E-state index contributed by atoms with van der Waals surface area (Å²) in [5.74, 6) is 1.35. The molecule has 0 fully saturated rings. The van der Waals surface area contributed by atoms with Gasteiger partial charge in [0.15, 0.2) is 0 Å². The van der Waals surface area contributed by atoms with Crippen molar-refractivity contribution in [3.8, 4) is 17.2 Å². The standard InChI is InChI=1S/C34H43FNO3.Sn/c1-6-9-15-27-22-28(24-31(23-27)38-5)34(20-10-7-2,21-11-8-3)36(26(4)37)32-25-29(35)18-19-33(32)39-30-16-13-12-14-17-30;/h12-14,16-19,23-25H,6-11,15,20-21H2,1-5H3;. The fourth-order valence-corrected chi connectivity index (χ4v) is 6.90. The molecule has 4 nitrogen and oxygen atoms in total. The Balaban J connectivity index is 2.36. The predicted molar refractivity (Wildman–Crippen MR) is 164 cm³/mol. The fourth-order valence-electron chi connectivity index (χ4n) is 5.47. The summed E-state index contributed by atoms with van der Waals surface area (Å²) in [6, 6.07) is 18.2. The number of hydrogen-bond donors (Lipinski definition) is 0. The number of carbonyl (C=O) groups excluding carboxylic acids is 1. The third kappa shape index (κ3) is 7.59. The molecule has 1 amide bonds. The van der Waals surface area contributed by atoms with E-state index in [1.54, 1.807) is 20.1 Å². The maximum absolute atomic E-state index is 15.0. The molecule has 0 bridgehead atoms. The Labute approximate surface area is 253 Å². The summed E-state index contributed by atoms with van der Waals surface area (Å²) in [7, 11) is 1.70. The second-order valence-corrected chi connectivity index (χ2v) is 11.9. The van der Waals surface area contributed by atoms with Gasteiger partial charge < -0.3 is 0 Å². The van der Waals surface area contributed by atoms with E-state index in [1.165, 1.54) is 43.8 Å². The summed E-state index contributed by atoms with van der Waals surface area (Å²) < 4.78 is 28.4. The van der Waals surface area contributed by atoms with Crippen molar-refractivity contribution in [3.63, 3.8) is 0 Å². The van der Waals surface area contributed by atoms with E-state index in [-0.39, 0.29) is 5.91 Å². The van der Waals surface area contributed by atoms with Crippen LogP contribution in [0.1, 0.15) is 90.2 Å². The molecule has 3 aromatic carbocycles. The molecule has 6 heteroatoms. The fraction of sp³-hybridized carbons (Fsp3) is 0.441. The topological polar surface area (TPSA) is 38.8 Å². The Morgan fingerprint density at radius 2 is 1.55 bits per heavy atom. The normalized spacial score (nSPS) is 11.4. The Hall–Kier alpha value is -2.54. The number of para-hydroxylation sites is 1. The van der Waals surface area contributed by atoms with Gasteiger partial charge in [-0.1, -0.05) is 0 Å². The van der Waals surface area contributed by atoms with Crippen molar-refractivity contribution in [2.45, 2.75) is 91.0 Å². The number of benzene rings is 3. The summed E-state index contributed by atoms with van der Waals surface area (Å²) in [5.41, 5.74) is 2.16. The number of halogens is 1. The van der Waals surface area contributed by atoms with Crippen LogP contribution in [-0.2, 0) is 16.8 Å². The van der Waals surface area contributed by atoms with Gasteiger partial charge in [0.1, 0.15) is 0 Å². The van der Waals surface area contributed by atoms with Crippen LogP contribution in [-0.4, -0.2) is 35.5 Å². The minimum atomic E-state index is -0.686. The van der Waals surface area contributed by atoms with Crippen molar-refractivity contribution in [3.05, 3.63) is 77.6 Å². The van der Waals surface area contributed by atoms with Crippen LogP contribution in [0.2, 0.25) is 0 Å². The van der Waals surface area contributed by atoms with Crippen molar-refractivity contribution in [1.82, 2.24) is 0 Å². The predicted octanol–water partition coefficient (Wildman–Crippen LogP) is 8.39. The van der Waals surface area contributed by atoms with Gasteiger partial charge in [0.05, 0.1) is 0 Å². The third-order valence-electron chi connectivity index (χ3n) is 7.49. The molecule has 0 N–H and O–H groups in total.